The maximum absolute atomic E-state index is 6.17. The van der Waals surface area contributed by atoms with Crippen molar-refractivity contribution in [2.24, 2.45) is 0 Å². The molecule has 1 heterocycles. The van der Waals surface area contributed by atoms with E-state index in [0.29, 0.717) is 10.9 Å². The Morgan fingerprint density at radius 1 is 1.35 bits per heavy atom. The van der Waals surface area contributed by atoms with E-state index in [0.717, 1.165) is 36.1 Å². The van der Waals surface area contributed by atoms with Gasteiger partial charge in [-0.15, -0.1) is 0 Å². The summed E-state index contributed by atoms with van der Waals surface area (Å²) in [6.45, 7) is 2.14. The smallest absolute Gasteiger partial charge is 0.230 e. The number of unbranched alkanes of at least 4 members (excludes halogenated alkanes) is 1. The van der Waals surface area contributed by atoms with Gasteiger partial charge in [0.2, 0.25) is 5.88 Å². The van der Waals surface area contributed by atoms with Crippen molar-refractivity contribution in [3.05, 3.63) is 35.0 Å². The predicted octanol–water partition coefficient (Wildman–Crippen LogP) is 3.92. The van der Waals surface area contributed by atoms with Gasteiger partial charge < -0.3 is 10.3 Å². The molecule has 1 aromatic carbocycles. The number of hydrogen-bond acceptors (Lipinski definition) is 3. The summed E-state index contributed by atoms with van der Waals surface area (Å²) in [6, 6.07) is 7.59. The highest BCUT2D eigenvalue weighted by atomic mass is 35.5. The number of halogens is 1. The lowest BCUT2D eigenvalue weighted by atomic mass is 10.0. The summed E-state index contributed by atoms with van der Waals surface area (Å²) >= 11 is 6.17. The van der Waals surface area contributed by atoms with Gasteiger partial charge in [-0.2, -0.15) is 0 Å². The number of rotatable bonds is 4. The van der Waals surface area contributed by atoms with Crippen molar-refractivity contribution < 1.29 is 4.52 Å². The van der Waals surface area contributed by atoms with Crippen LogP contribution in [-0.4, -0.2) is 5.16 Å². The number of aryl methyl sites for hydroxylation is 1. The Morgan fingerprint density at radius 2 is 2.12 bits per heavy atom. The van der Waals surface area contributed by atoms with Crippen molar-refractivity contribution in [1.29, 1.82) is 0 Å². The molecule has 0 saturated heterocycles. The summed E-state index contributed by atoms with van der Waals surface area (Å²) in [5.74, 6) is 0.337. The summed E-state index contributed by atoms with van der Waals surface area (Å²) in [4.78, 5) is 0. The number of nitrogen functional groups attached to an aromatic ring is 1. The lowest BCUT2D eigenvalue weighted by molar-refractivity contribution is 0.426. The first-order valence-corrected chi connectivity index (χ1v) is 6.10. The quantitative estimate of drug-likeness (QED) is 0.895. The molecule has 0 atom stereocenters. The van der Waals surface area contributed by atoms with Gasteiger partial charge in [-0.25, -0.2) is 0 Å². The maximum atomic E-state index is 6.17. The molecule has 2 aromatic rings. The normalized spacial score (nSPS) is 10.7. The van der Waals surface area contributed by atoms with Crippen molar-refractivity contribution in [1.82, 2.24) is 5.16 Å². The molecule has 0 aliphatic carbocycles. The van der Waals surface area contributed by atoms with Crippen LogP contribution in [0.1, 0.15) is 25.5 Å². The second-order valence-corrected chi connectivity index (χ2v) is 4.36. The zero-order valence-electron chi connectivity index (χ0n) is 9.74. The minimum Gasteiger partial charge on any atom is -0.367 e. The van der Waals surface area contributed by atoms with E-state index in [9.17, 15) is 0 Å². The highest BCUT2D eigenvalue weighted by Crippen LogP contribution is 2.35. The highest BCUT2D eigenvalue weighted by Gasteiger charge is 2.17. The largest absolute Gasteiger partial charge is 0.367 e. The molecule has 0 amide bonds. The van der Waals surface area contributed by atoms with Crippen LogP contribution in [0.2, 0.25) is 5.02 Å². The van der Waals surface area contributed by atoms with E-state index in [-0.39, 0.29) is 0 Å². The fraction of sp³-hybridized carbons (Fsp3) is 0.308. The first-order chi connectivity index (χ1) is 8.24. The molecule has 0 fully saturated rings. The first-order valence-electron chi connectivity index (χ1n) is 5.73. The Morgan fingerprint density at radius 3 is 2.82 bits per heavy atom. The number of nitrogens with two attached hydrogens (primary N) is 1. The third-order valence-corrected chi connectivity index (χ3v) is 3.03. The van der Waals surface area contributed by atoms with Crippen LogP contribution < -0.4 is 5.73 Å². The minimum absolute atomic E-state index is 0.337. The van der Waals surface area contributed by atoms with Gasteiger partial charge in [0, 0.05) is 10.6 Å². The average Bonchev–Trinajstić information content (AvgIpc) is 2.69. The molecule has 0 saturated carbocycles. The Hall–Kier alpha value is -1.48. The van der Waals surface area contributed by atoms with Crippen molar-refractivity contribution in [2.75, 3.05) is 5.73 Å². The number of benzene rings is 1. The van der Waals surface area contributed by atoms with Crippen molar-refractivity contribution >= 4 is 17.5 Å². The van der Waals surface area contributed by atoms with E-state index in [1.54, 1.807) is 0 Å². The van der Waals surface area contributed by atoms with E-state index in [1.807, 2.05) is 24.3 Å². The zero-order valence-corrected chi connectivity index (χ0v) is 10.5. The fourth-order valence-electron chi connectivity index (χ4n) is 1.80. The van der Waals surface area contributed by atoms with Gasteiger partial charge in [0.15, 0.2) is 0 Å². The number of hydrogen-bond donors (Lipinski definition) is 1. The molecule has 2 rings (SSSR count). The summed E-state index contributed by atoms with van der Waals surface area (Å²) in [5.41, 5.74) is 8.44. The molecule has 0 aliphatic heterocycles. The Bertz CT molecular complexity index is 508. The van der Waals surface area contributed by atoms with Gasteiger partial charge in [-0.3, -0.25) is 0 Å². The van der Waals surface area contributed by atoms with E-state index in [2.05, 4.69) is 12.1 Å². The van der Waals surface area contributed by atoms with Gasteiger partial charge in [-0.05, 0) is 18.9 Å². The van der Waals surface area contributed by atoms with Crippen LogP contribution in [0, 0.1) is 0 Å². The topological polar surface area (TPSA) is 52.0 Å². The van der Waals surface area contributed by atoms with Crippen LogP contribution in [0.4, 0.5) is 5.88 Å². The second kappa shape index (κ2) is 5.23. The minimum atomic E-state index is 0.337. The molecule has 0 bridgehead atoms. The lowest BCUT2D eigenvalue weighted by Gasteiger charge is -2.04. The molecular weight excluding hydrogens is 236 g/mol. The number of anilines is 1. The molecule has 1 aromatic heterocycles. The molecule has 0 spiro atoms. The fourth-order valence-corrected chi connectivity index (χ4v) is 2.03. The van der Waals surface area contributed by atoms with Gasteiger partial charge in [0.1, 0.15) is 0 Å². The molecule has 0 aliphatic rings. The van der Waals surface area contributed by atoms with Crippen LogP contribution in [0.15, 0.2) is 28.8 Å². The average molecular weight is 251 g/mol. The van der Waals surface area contributed by atoms with Crippen LogP contribution in [0.3, 0.4) is 0 Å². The lowest BCUT2D eigenvalue weighted by Crippen LogP contribution is -1.92. The van der Waals surface area contributed by atoms with Crippen molar-refractivity contribution in [2.45, 2.75) is 26.2 Å². The van der Waals surface area contributed by atoms with Crippen molar-refractivity contribution in [3.63, 3.8) is 0 Å². The summed E-state index contributed by atoms with van der Waals surface area (Å²) in [6.07, 6.45) is 3.02. The molecule has 2 N–H and O–H groups in total. The standard InChI is InChI=1S/C13H15ClN2O/c1-2-3-8-11-12(13(15)17-16-11)9-6-4-5-7-10(9)14/h4-7H,2-3,8,15H2,1H3. The molecule has 90 valence electrons. The molecule has 17 heavy (non-hydrogen) atoms. The van der Waals surface area contributed by atoms with Crippen LogP contribution >= 0.6 is 11.6 Å². The maximum Gasteiger partial charge on any atom is 0.230 e. The Labute approximate surface area is 106 Å². The Balaban J connectivity index is 2.44. The summed E-state index contributed by atoms with van der Waals surface area (Å²) in [7, 11) is 0. The van der Waals surface area contributed by atoms with Gasteiger partial charge in [0.25, 0.3) is 0 Å². The van der Waals surface area contributed by atoms with Crippen LogP contribution in [-0.2, 0) is 6.42 Å². The molecule has 0 radical (unpaired) electrons. The second-order valence-electron chi connectivity index (χ2n) is 3.95. The molecule has 4 heteroatoms. The number of nitrogens with zero attached hydrogens (tertiary/aromatic N) is 1. The third-order valence-electron chi connectivity index (χ3n) is 2.70. The monoisotopic (exact) mass is 250 g/mol. The van der Waals surface area contributed by atoms with Crippen LogP contribution in [0.25, 0.3) is 11.1 Å². The highest BCUT2D eigenvalue weighted by molar-refractivity contribution is 6.33. The SMILES string of the molecule is CCCCc1noc(N)c1-c1ccccc1Cl. The number of aromatic nitrogens is 1. The Kier molecular flexibility index (Phi) is 3.69. The zero-order chi connectivity index (χ0) is 12.3. The summed E-state index contributed by atoms with van der Waals surface area (Å²) in [5, 5.41) is 4.68. The molecule has 3 nitrogen and oxygen atoms in total. The van der Waals surface area contributed by atoms with E-state index < -0.39 is 0 Å². The van der Waals surface area contributed by atoms with Gasteiger partial charge >= 0.3 is 0 Å². The van der Waals surface area contributed by atoms with E-state index in [4.69, 9.17) is 21.9 Å². The van der Waals surface area contributed by atoms with E-state index >= 15 is 0 Å². The molecule has 0 unspecified atom stereocenters. The first kappa shape index (κ1) is 12.0. The predicted molar refractivity (Wildman–Crippen MR) is 70.0 cm³/mol. The third kappa shape index (κ3) is 2.44. The van der Waals surface area contributed by atoms with Gasteiger partial charge in [-0.1, -0.05) is 48.3 Å². The van der Waals surface area contributed by atoms with Gasteiger partial charge in [0.05, 0.1) is 11.3 Å². The van der Waals surface area contributed by atoms with E-state index in [1.165, 1.54) is 0 Å². The summed E-state index contributed by atoms with van der Waals surface area (Å²) < 4.78 is 5.07. The molecular formula is C13H15ClN2O. The van der Waals surface area contributed by atoms with Crippen LogP contribution in [0.5, 0.6) is 0 Å². The van der Waals surface area contributed by atoms with Crippen molar-refractivity contribution in [3.8, 4) is 11.1 Å².